The van der Waals surface area contributed by atoms with E-state index < -0.39 is 0 Å². The molecule has 6 nitrogen and oxygen atoms in total. The third-order valence-electron chi connectivity index (χ3n) is 4.00. The third kappa shape index (κ3) is 4.69. The van der Waals surface area contributed by atoms with Gasteiger partial charge in [0, 0.05) is 18.8 Å². The van der Waals surface area contributed by atoms with Crippen molar-refractivity contribution in [2.24, 2.45) is 0 Å². The summed E-state index contributed by atoms with van der Waals surface area (Å²) in [5, 5.41) is 11.7. The van der Waals surface area contributed by atoms with Crippen LogP contribution in [0.5, 0.6) is 0 Å². The van der Waals surface area contributed by atoms with E-state index in [-0.39, 0.29) is 12.1 Å². The molecule has 0 bridgehead atoms. The van der Waals surface area contributed by atoms with Crippen LogP contribution < -0.4 is 5.32 Å². The van der Waals surface area contributed by atoms with Gasteiger partial charge in [0.15, 0.2) is 0 Å². The number of urea groups is 1. The monoisotopic (exact) mass is 301 g/mol. The van der Waals surface area contributed by atoms with Crippen LogP contribution in [0.2, 0.25) is 0 Å². The van der Waals surface area contributed by atoms with Gasteiger partial charge in [-0.1, -0.05) is 19.3 Å². The molecular formula is C16H23N5O. The molecule has 1 aliphatic rings. The second-order valence-corrected chi connectivity index (χ2v) is 5.70. The minimum atomic E-state index is -0.107. The van der Waals surface area contributed by atoms with Gasteiger partial charge >= 0.3 is 6.03 Å². The van der Waals surface area contributed by atoms with Crippen molar-refractivity contribution < 1.29 is 4.79 Å². The quantitative estimate of drug-likeness (QED) is 0.906. The lowest BCUT2D eigenvalue weighted by molar-refractivity contribution is 0.156. The zero-order chi connectivity index (χ0) is 15.8. The lowest BCUT2D eigenvalue weighted by Gasteiger charge is -2.33. The maximum Gasteiger partial charge on any atom is 0.318 e. The molecule has 0 unspecified atom stereocenters. The Labute approximate surface area is 131 Å². The molecule has 1 N–H and O–H groups in total. The van der Waals surface area contributed by atoms with Crippen LogP contribution in [0.25, 0.3) is 0 Å². The molecule has 118 valence electrons. The van der Waals surface area contributed by atoms with Crippen molar-refractivity contribution in [1.82, 2.24) is 20.2 Å². The van der Waals surface area contributed by atoms with Crippen LogP contribution in [0.3, 0.4) is 0 Å². The number of nitrogens with one attached hydrogen (secondary N) is 1. The second-order valence-electron chi connectivity index (χ2n) is 5.70. The van der Waals surface area contributed by atoms with Crippen molar-refractivity contribution in [2.45, 2.75) is 58.0 Å². The molecule has 1 heterocycles. The standard InChI is InChI=1S/C16H23N5O/c1-13-10-19-14(11-18-13)12-20-16(22)21(9-5-8-17)15-6-3-2-4-7-15/h10-11,15H,2-7,9,12H2,1H3,(H,20,22). The molecule has 0 aromatic carbocycles. The number of hydrogen-bond donors (Lipinski definition) is 1. The van der Waals surface area contributed by atoms with E-state index >= 15 is 0 Å². The number of carbonyl (C=O) groups is 1. The maximum atomic E-state index is 12.4. The summed E-state index contributed by atoms with van der Waals surface area (Å²) in [5.74, 6) is 0. The highest BCUT2D eigenvalue weighted by Gasteiger charge is 2.24. The van der Waals surface area contributed by atoms with E-state index in [0.29, 0.717) is 19.5 Å². The second kappa shape index (κ2) is 8.32. The maximum absolute atomic E-state index is 12.4. The highest BCUT2D eigenvalue weighted by atomic mass is 16.2. The zero-order valence-electron chi connectivity index (χ0n) is 13.1. The Hall–Kier alpha value is -2.16. The van der Waals surface area contributed by atoms with Crippen LogP contribution in [0.4, 0.5) is 4.79 Å². The molecule has 2 amide bonds. The van der Waals surface area contributed by atoms with Crippen molar-refractivity contribution in [3.63, 3.8) is 0 Å². The minimum Gasteiger partial charge on any atom is -0.332 e. The normalized spacial score (nSPS) is 15.1. The SMILES string of the molecule is Cc1cnc(CNC(=O)N(CCC#N)C2CCCCC2)cn1. The van der Waals surface area contributed by atoms with Crippen molar-refractivity contribution in [1.29, 1.82) is 5.26 Å². The summed E-state index contributed by atoms with van der Waals surface area (Å²) in [6.45, 7) is 2.73. The van der Waals surface area contributed by atoms with Gasteiger partial charge < -0.3 is 10.2 Å². The molecule has 0 radical (unpaired) electrons. The number of nitrogens with zero attached hydrogens (tertiary/aromatic N) is 4. The first-order valence-electron chi connectivity index (χ1n) is 7.89. The molecule has 2 rings (SSSR count). The Morgan fingerprint density at radius 3 is 2.77 bits per heavy atom. The van der Waals surface area contributed by atoms with E-state index in [2.05, 4.69) is 21.4 Å². The molecule has 0 saturated heterocycles. The van der Waals surface area contributed by atoms with Crippen LogP contribution in [-0.2, 0) is 6.54 Å². The fraction of sp³-hybridized carbons (Fsp3) is 0.625. The van der Waals surface area contributed by atoms with Crippen molar-refractivity contribution in [3.8, 4) is 6.07 Å². The van der Waals surface area contributed by atoms with E-state index in [1.165, 1.54) is 6.42 Å². The third-order valence-corrected chi connectivity index (χ3v) is 4.00. The van der Waals surface area contributed by atoms with Crippen molar-refractivity contribution in [3.05, 3.63) is 23.8 Å². The molecule has 6 heteroatoms. The van der Waals surface area contributed by atoms with Crippen LogP contribution >= 0.6 is 0 Å². The van der Waals surface area contributed by atoms with Crippen molar-refractivity contribution >= 4 is 6.03 Å². The summed E-state index contributed by atoms with van der Waals surface area (Å²) in [6, 6.07) is 2.28. The van der Waals surface area contributed by atoms with Crippen LogP contribution in [-0.4, -0.2) is 33.5 Å². The predicted molar refractivity (Wildman–Crippen MR) is 82.8 cm³/mol. The molecule has 22 heavy (non-hydrogen) atoms. The average molecular weight is 301 g/mol. The average Bonchev–Trinajstić information content (AvgIpc) is 2.55. The number of amides is 2. The fourth-order valence-corrected chi connectivity index (χ4v) is 2.79. The fourth-order valence-electron chi connectivity index (χ4n) is 2.79. The smallest absolute Gasteiger partial charge is 0.318 e. The highest BCUT2D eigenvalue weighted by molar-refractivity contribution is 5.74. The topological polar surface area (TPSA) is 81.9 Å². The summed E-state index contributed by atoms with van der Waals surface area (Å²) in [5.41, 5.74) is 1.59. The van der Waals surface area contributed by atoms with Crippen LogP contribution in [0.1, 0.15) is 49.9 Å². The Bertz CT molecular complexity index is 516. The molecule has 0 aliphatic heterocycles. The van der Waals surface area contributed by atoms with Gasteiger partial charge in [-0.3, -0.25) is 9.97 Å². The van der Waals surface area contributed by atoms with Gasteiger partial charge in [-0.2, -0.15) is 5.26 Å². The van der Waals surface area contributed by atoms with Crippen LogP contribution in [0.15, 0.2) is 12.4 Å². The first kappa shape index (κ1) is 16.2. The summed E-state index contributed by atoms with van der Waals surface area (Å²) in [6.07, 6.45) is 9.35. The van der Waals surface area contributed by atoms with Gasteiger partial charge in [-0.15, -0.1) is 0 Å². The van der Waals surface area contributed by atoms with E-state index in [1.807, 2.05) is 11.8 Å². The molecular weight excluding hydrogens is 278 g/mol. The molecule has 1 aromatic heterocycles. The van der Waals surface area contributed by atoms with Gasteiger partial charge in [0.05, 0.1) is 36.6 Å². The number of rotatable bonds is 5. The Kier molecular flexibility index (Phi) is 6.13. The Balaban J connectivity index is 1.92. The summed E-state index contributed by atoms with van der Waals surface area (Å²) in [7, 11) is 0. The first-order chi connectivity index (χ1) is 10.7. The molecule has 0 atom stereocenters. The first-order valence-corrected chi connectivity index (χ1v) is 7.89. The summed E-state index contributed by atoms with van der Waals surface area (Å²) in [4.78, 5) is 22.7. The lowest BCUT2D eigenvalue weighted by atomic mass is 9.94. The summed E-state index contributed by atoms with van der Waals surface area (Å²) >= 11 is 0. The number of nitriles is 1. The Morgan fingerprint density at radius 2 is 2.14 bits per heavy atom. The van der Waals surface area contributed by atoms with Gasteiger partial charge in [0.25, 0.3) is 0 Å². The number of hydrogen-bond acceptors (Lipinski definition) is 4. The number of aryl methyl sites for hydroxylation is 1. The van der Waals surface area contributed by atoms with E-state index in [9.17, 15) is 4.79 Å². The van der Waals surface area contributed by atoms with E-state index in [4.69, 9.17) is 5.26 Å². The highest BCUT2D eigenvalue weighted by Crippen LogP contribution is 2.22. The minimum absolute atomic E-state index is 0.107. The molecule has 1 aliphatic carbocycles. The van der Waals surface area contributed by atoms with Gasteiger partial charge in [-0.05, 0) is 19.8 Å². The Morgan fingerprint density at radius 1 is 1.36 bits per heavy atom. The van der Waals surface area contributed by atoms with E-state index in [0.717, 1.165) is 37.1 Å². The molecule has 1 aromatic rings. The van der Waals surface area contributed by atoms with E-state index in [1.54, 1.807) is 12.4 Å². The number of carbonyl (C=O) groups excluding carboxylic acids is 1. The predicted octanol–water partition coefficient (Wildman–Crippen LogP) is 2.54. The lowest BCUT2D eigenvalue weighted by Crippen LogP contribution is -2.47. The van der Waals surface area contributed by atoms with Crippen LogP contribution in [0, 0.1) is 18.3 Å². The van der Waals surface area contributed by atoms with Crippen molar-refractivity contribution in [2.75, 3.05) is 6.54 Å². The molecule has 1 saturated carbocycles. The largest absolute Gasteiger partial charge is 0.332 e. The molecule has 1 fully saturated rings. The zero-order valence-corrected chi connectivity index (χ0v) is 13.1. The van der Waals surface area contributed by atoms with Gasteiger partial charge in [0.2, 0.25) is 0 Å². The summed E-state index contributed by atoms with van der Waals surface area (Å²) < 4.78 is 0. The van der Waals surface area contributed by atoms with Gasteiger partial charge in [0.1, 0.15) is 0 Å². The number of aromatic nitrogens is 2. The van der Waals surface area contributed by atoms with Gasteiger partial charge in [-0.25, -0.2) is 4.79 Å². The molecule has 0 spiro atoms.